The molecule has 0 radical (unpaired) electrons. The third kappa shape index (κ3) is 27.5. The van der Waals surface area contributed by atoms with Gasteiger partial charge in [0.05, 0.1) is 0 Å². The molecule has 0 aromatic heterocycles. The van der Waals surface area contributed by atoms with Gasteiger partial charge in [0.2, 0.25) is 0 Å². The van der Waals surface area contributed by atoms with Gasteiger partial charge in [-0.15, -0.1) is 0 Å². The first-order chi connectivity index (χ1) is 58.3. The van der Waals surface area contributed by atoms with Crippen molar-refractivity contribution < 1.29 is 12.8 Å². The maximum Gasteiger partial charge on any atom is 0 e. The van der Waals surface area contributed by atoms with Crippen LogP contribution in [0, 0.1) is 113 Å². The lowest BCUT2D eigenvalue weighted by atomic mass is 9.68. The first-order valence-corrected chi connectivity index (χ1v) is 50.0. The molecule has 120 heavy (non-hydrogen) atoms. The maximum atomic E-state index is 2.44. The Morgan fingerprint density at radius 2 is 0.233 bits per heavy atom. The molecular formula is C120H180. The van der Waals surface area contributed by atoms with Crippen LogP contribution in [0.25, 0.3) is 33.4 Å². The molecule has 9 aromatic rings. The zero-order valence-corrected chi connectivity index (χ0v) is 77.6. The highest BCUT2D eigenvalue weighted by atomic mass is 14.4. The van der Waals surface area contributed by atoms with Crippen LogP contribution in [0.15, 0.2) is 218 Å². The summed E-state index contributed by atoms with van der Waals surface area (Å²) in [6, 6.07) is 82.1. The highest BCUT2D eigenvalue weighted by Crippen LogP contribution is 2.49. The van der Waals surface area contributed by atoms with Crippen molar-refractivity contribution in [2.24, 2.45) is 71.0 Å². The molecule has 0 aliphatic heterocycles. The highest BCUT2D eigenvalue weighted by Gasteiger charge is 2.34. The van der Waals surface area contributed by atoms with Crippen LogP contribution in [0.1, 0.15) is 388 Å². The van der Waals surface area contributed by atoms with Crippen molar-refractivity contribution >= 4 is 0 Å². The lowest BCUT2D eigenvalue weighted by Crippen LogP contribution is -2.24. The minimum Gasteiger partial charge on any atom is -0.0625 e. The third-order valence-corrected chi connectivity index (χ3v) is 32.5. The molecule has 0 nitrogen and oxygen atoms in total. The highest BCUT2D eigenvalue weighted by molar-refractivity contribution is 5.66. The number of aryl methyl sites for hydroxylation is 6. The predicted octanol–water partition coefficient (Wildman–Crippen LogP) is 38.4. The molecule has 9 aromatic carbocycles. The summed E-state index contributed by atoms with van der Waals surface area (Å²) in [4.78, 5) is 0. The van der Waals surface area contributed by atoms with Gasteiger partial charge in [0.15, 0.2) is 0 Å². The summed E-state index contributed by atoms with van der Waals surface area (Å²) in [7, 11) is 0. The fourth-order valence-electron chi connectivity index (χ4n) is 23.4. The number of hydrogen-bond donors (Lipinski definition) is 0. The van der Waals surface area contributed by atoms with Gasteiger partial charge in [-0.2, -0.15) is 0 Å². The molecule has 9 aliphatic rings. The Hall–Kier alpha value is -7.02. The fourth-order valence-corrected chi connectivity index (χ4v) is 23.4. The molecule has 660 valence electrons. The zero-order valence-electron chi connectivity index (χ0n) is 77.6. The van der Waals surface area contributed by atoms with E-state index in [-0.39, 0.29) is 12.8 Å². The van der Waals surface area contributed by atoms with E-state index in [4.69, 9.17) is 0 Å². The molecule has 0 heteroatoms. The van der Waals surface area contributed by atoms with Gasteiger partial charge in [0.25, 0.3) is 0 Å². The number of rotatable bonds is 12. The Kier molecular flexibility index (Phi) is 34.8. The van der Waals surface area contributed by atoms with Gasteiger partial charge in [-0.1, -0.05) is 370 Å². The van der Waals surface area contributed by atoms with Gasteiger partial charge in [-0.05, 0) is 369 Å². The second-order valence-corrected chi connectivity index (χ2v) is 42.0. The maximum absolute atomic E-state index is 2.44. The summed E-state index contributed by atoms with van der Waals surface area (Å²) in [5, 5.41) is 0. The molecule has 0 heterocycles. The second-order valence-electron chi connectivity index (χ2n) is 42.0. The molecule has 0 amide bonds. The Morgan fingerprint density at radius 3 is 0.383 bits per heavy atom. The van der Waals surface area contributed by atoms with Gasteiger partial charge in [0, 0.05) is 12.8 Å². The fraction of sp³-hybridized carbons (Fsp3) is 0.550. The van der Waals surface area contributed by atoms with Gasteiger partial charge in [-0.3, -0.25) is 0 Å². The normalized spacial score (nSPS) is 28.8. The average molecular weight is 1620 g/mol. The van der Waals surface area contributed by atoms with E-state index in [1.807, 2.05) is 0 Å². The van der Waals surface area contributed by atoms with Crippen molar-refractivity contribution in [2.75, 3.05) is 0 Å². The summed E-state index contributed by atoms with van der Waals surface area (Å²) >= 11 is 0. The molecular weight excluding hydrogens is 1440 g/mol. The van der Waals surface area contributed by atoms with E-state index in [0.717, 1.165) is 107 Å². The molecule has 0 saturated heterocycles. The molecule has 0 N–H and O–H groups in total. The Balaban J connectivity index is 0.000000320. The number of benzene rings is 9. The molecule has 9 saturated carbocycles. The predicted molar refractivity (Wildman–Crippen MR) is 541 cm³/mol. The standard InChI is InChI=1S/3C20H30.3C20H24.9H2/c6*1-15-3-7-17(8-4-15)19-11-13-20(14-12-19)18-9-5-16(2)6-10-18;;;;;;;;;/h3*3-4,7-8,16,18-20H,5-6,9-14H2,1-2H3;3*3-4,7-8,11-14,16,18H,5-6,9-10H2,1-2H3;9*1H. The lowest BCUT2D eigenvalue weighted by molar-refractivity contribution is 0.165. The quantitative estimate of drug-likeness (QED) is 0.114. The van der Waals surface area contributed by atoms with Crippen LogP contribution in [0.3, 0.4) is 0 Å². The van der Waals surface area contributed by atoms with Gasteiger partial charge < -0.3 is 0 Å². The van der Waals surface area contributed by atoms with Gasteiger partial charge in [-0.25, -0.2) is 0 Å². The second kappa shape index (κ2) is 46.1. The van der Waals surface area contributed by atoms with Gasteiger partial charge in [0.1, 0.15) is 0 Å². The van der Waals surface area contributed by atoms with E-state index in [9.17, 15) is 0 Å². The minimum absolute atomic E-state index is 0. The van der Waals surface area contributed by atoms with E-state index >= 15 is 0 Å². The van der Waals surface area contributed by atoms with Crippen LogP contribution in [0.5, 0.6) is 0 Å². The third-order valence-electron chi connectivity index (χ3n) is 32.5. The monoisotopic (exact) mass is 1620 g/mol. The van der Waals surface area contributed by atoms with Crippen LogP contribution < -0.4 is 0 Å². The summed E-state index contributed by atoms with van der Waals surface area (Å²) in [6.07, 6.45) is 52.1. The molecule has 18 rings (SSSR count). The van der Waals surface area contributed by atoms with Crippen LogP contribution in [-0.4, -0.2) is 0 Å². The summed E-state index contributed by atoms with van der Waals surface area (Å²) in [5.41, 5.74) is 25.4. The molecule has 0 spiro atoms. The lowest BCUT2D eigenvalue weighted by Gasteiger charge is -2.37. The van der Waals surface area contributed by atoms with E-state index in [1.54, 1.807) is 16.7 Å². The first kappa shape index (κ1) is 90.7. The van der Waals surface area contributed by atoms with Crippen molar-refractivity contribution in [1.29, 1.82) is 0 Å². The zero-order chi connectivity index (χ0) is 83.7. The largest absolute Gasteiger partial charge is 0.0625 e. The van der Waals surface area contributed by atoms with Crippen molar-refractivity contribution in [3.05, 3.63) is 285 Å². The Bertz CT molecular complexity index is 3880. The smallest absolute Gasteiger partial charge is 0 e. The first-order valence-electron chi connectivity index (χ1n) is 50.0. The van der Waals surface area contributed by atoms with Crippen molar-refractivity contribution in [2.45, 2.75) is 350 Å². The Labute approximate surface area is 747 Å². The van der Waals surface area contributed by atoms with E-state index < -0.39 is 0 Å². The average Bonchev–Trinajstić information content (AvgIpc) is 0.857. The molecule has 9 aliphatic carbocycles. The summed E-state index contributed by atoms with van der Waals surface area (Å²) in [5.74, 6) is 17.0. The van der Waals surface area contributed by atoms with E-state index in [0.29, 0.717) is 0 Å². The van der Waals surface area contributed by atoms with Crippen molar-refractivity contribution in [3.8, 4) is 33.4 Å². The SMILES string of the molecule is Cc1ccc(-c2ccc(C3CCC(C)CC3)cc2)cc1.Cc1ccc(-c2ccc(C3CCC(C)CC3)cc2)cc1.Cc1ccc(-c2ccc(C3CCC(C)CC3)cc2)cc1.Cc1ccc(C2CCC(C3CCC(C)CC3)CC2)cc1.Cc1ccc(C2CCC(C3CCC(C)CC3)CC2)cc1.Cc1ccc(C2CCC(C3CCC(C)CC3)CC2)cc1.[HH].[HH].[HH].[HH].[HH].[HH].[HH].[HH].[HH]. The topological polar surface area (TPSA) is 0 Å². The van der Waals surface area contributed by atoms with Crippen molar-refractivity contribution in [3.63, 3.8) is 0 Å². The van der Waals surface area contributed by atoms with Crippen LogP contribution in [-0.2, 0) is 0 Å². The molecule has 0 atom stereocenters. The Morgan fingerprint density at radius 1 is 0.133 bits per heavy atom. The van der Waals surface area contributed by atoms with Crippen LogP contribution >= 0.6 is 0 Å². The minimum atomic E-state index is 0. The van der Waals surface area contributed by atoms with E-state index in [1.165, 1.54) is 315 Å². The van der Waals surface area contributed by atoms with Crippen LogP contribution in [0.4, 0.5) is 0 Å². The van der Waals surface area contributed by atoms with Crippen molar-refractivity contribution in [1.82, 2.24) is 0 Å². The van der Waals surface area contributed by atoms with E-state index in [2.05, 4.69) is 301 Å². The molecule has 9 fully saturated rings. The van der Waals surface area contributed by atoms with Gasteiger partial charge >= 0.3 is 0 Å². The number of hydrogen-bond acceptors (Lipinski definition) is 0. The van der Waals surface area contributed by atoms with Crippen LogP contribution in [0.2, 0.25) is 0 Å². The molecule has 0 unspecified atom stereocenters. The molecule has 0 bridgehead atoms. The summed E-state index contributed by atoms with van der Waals surface area (Å²) < 4.78 is 0. The summed E-state index contributed by atoms with van der Waals surface area (Å²) in [6.45, 7) is 27.4.